The fourth-order valence-corrected chi connectivity index (χ4v) is 3.29. The van der Waals surface area contributed by atoms with Gasteiger partial charge in [0.15, 0.2) is 0 Å². The second-order valence-electron chi connectivity index (χ2n) is 5.97. The molecular weight excluding hydrogens is 421 g/mol. The Bertz CT molecular complexity index is 979. The zero-order valence-electron chi connectivity index (χ0n) is 14.8. The first-order valence-electron chi connectivity index (χ1n) is 8.41. The number of hydrogen-bond acceptors (Lipinski definition) is 4. The highest BCUT2D eigenvalue weighted by atomic mass is 79.9. The van der Waals surface area contributed by atoms with Crippen molar-refractivity contribution in [2.45, 2.75) is 26.8 Å². The van der Waals surface area contributed by atoms with Gasteiger partial charge in [0.2, 0.25) is 0 Å². The molecule has 8 heteroatoms. The van der Waals surface area contributed by atoms with Gasteiger partial charge in [0.1, 0.15) is 17.5 Å². The van der Waals surface area contributed by atoms with Crippen LogP contribution in [0.5, 0.6) is 0 Å². The lowest BCUT2D eigenvalue weighted by atomic mass is 10.1. The Morgan fingerprint density at radius 2 is 1.93 bits per heavy atom. The Hall–Kier alpha value is -2.35. The van der Waals surface area contributed by atoms with Crippen molar-refractivity contribution in [1.82, 2.24) is 9.97 Å². The molecule has 1 aromatic heterocycles. The number of rotatable bonds is 6. The smallest absolute Gasteiger partial charge is 0.266 e. The maximum atomic E-state index is 14.3. The van der Waals surface area contributed by atoms with E-state index in [4.69, 9.17) is 0 Å². The third kappa shape index (κ3) is 4.16. The summed E-state index contributed by atoms with van der Waals surface area (Å²) in [5.74, 6) is 0.172. The molecule has 0 radical (unpaired) electrons. The molecule has 0 bridgehead atoms. The van der Waals surface area contributed by atoms with Gasteiger partial charge in [0.25, 0.3) is 6.43 Å². The lowest BCUT2D eigenvalue weighted by Gasteiger charge is -2.14. The highest BCUT2D eigenvalue weighted by Gasteiger charge is 2.16. The van der Waals surface area contributed by atoms with Gasteiger partial charge < -0.3 is 10.6 Å². The second-order valence-corrected chi connectivity index (χ2v) is 6.83. The molecule has 3 aromatic rings. The monoisotopic (exact) mass is 438 g/mol. The first kappa shape index (κ1) is 19.4. The zero-order valence-corrected chi connectivity index (χ0v) is 16.4. The quantitative estimate of drug-likeness (QED) is 0.508. The minimum absolute atomic E-state index is 0.0323. The number of aromatic nitrogens is 2. The third-order valence-electron chi connectivity index (χ3n) is 4.05. The van der Waals surface area contributed by atoms with E-state index in [1.54, 1.807) is 6.92 Å². The van der Waals surface area contributed by atoms with Gasteiger partial charge in [-0.05, 0) is 41.9 Å². The first-order valence-corrected chi connectivity index (χ1v) is 9.21. The number of alkyl halides is 2. The Balaban J connectivity index is 1.96. The molecule has 0 unspecified atom stereocenters. The van der Waals surface area contributed by atoms with Gasteiger partial charge >= 0.3 is 0 Å². The van der Waals surface area contributed by atoms with Crippen LogP contribution >= 0.6 is 15.9 Å². The Labute approximate surface area is 163 Å². The molecule has 142 valence electrons. The van der Waals surface area contributed by atoms with Crippen LogP contribution in [0.4, 0.5) is 24.7 Å². The molecule has 27 heavy (non-hydrogen) atoms. The molecule has 0 saturated heterocycles. The average molecular weight is 439 g/mol. The fraction of sp³-hybridized carbons (Fsp3) is 0.263. The molecule has 1 heterocycles. The summed E-state index contributed by atoms with van der Waals surface area (Å²) in [6.07, 6.45) is -2.85. The van der Waals surface area contributed by atoms with Gasteiger partial charge in [-0.3, -0.25) is 0 Å². The molecule has 0 amide bonds. The van der Waals surface area contributed by atoms with Crippen LogP contribution in [0.25, 0.3) is 10.9 Å². The largest absolute Gasteiger partial charge is 0.384 e. The van der Waals surface area contributed by atoms with Crippen molar-refractivity contribution in [3.05, 3.63) is 57.6 Å². The number of nitrogens with one attached hydrogen (secondary N) is 2. The van der Waals surface area contributed by atoms with Crippen LogP contribution in [0.15, 0.2) is 34.8 Å². The summed E-state index contributed by atoms with van der Waals surface area (Å²) in [6, 6.07) is 7.77. The molecule has 0 aliphatic heterocycles. The predicted molar refractivity (Wildman–Crippen MR) is 105 cm³/mol. The van der Waals surface area contributed by atoms with E-state index in [0.717, 1.165) is 33.7 Å². The lowest BCUT2D eigenvalue weighted by molar-refractivity contribution is 0.146. The molecule has 2 aromatic carbocycles. The van der Waals surface area contributed by atoms with Gasteiger partial charge in [0, 0.05) is 28.5 Å². The van der Waals surface area contributed by atoms with Crippen molar-refractivity contribution < 1.29 is 13.2 Å². The zero-order chi connectivity index (χ0) is 19.6. The van der Waals surface area contributed by atoms with Gasteiger partial charge in [0.05, 0.1) is 16.8 Å². The van der Waals surface area contributed by atoms with Crippen LogP contribution in [0.3, 0.4) is 0 Å². The molecule has 3 rings (SSSR count). The fourth-order valence-electron chi connectivity index (χ4n) is 2.81. The van der Waals surface area contributed by atoms with Crippen LogP contribution in [0.1, 0.15) is 30.3 Å². The molecular formula is C19H18BrF3N4. The van der Waals surface area contributed by atoms with Crippen LogP contribution in [-0.2, 0) is 6.54 Å². The van der Waals surface area contributed by atoms with Gasteiger partial charge in [-0.1, -0.05) is 18.2 Å². The summed E-state index contributed by atoms with van der Waals surface area (Å²) in [7, 11) is 0. The highest BCUT2D eigenvalue weighted by molar-refractivity contribution is 9.10. The van der Waals surface area contributed by atoms with E-state index in [1.807, 2.05) is 19.1 Å². The maximum absolute atomic E-state index is 14.3. The number of fused-ring (bicyclic) bond motifs is 1. The second kappa shape index (κ2) is 8.12. The van der Waals surface area contributed by atoms with Gasteiger partial charge in [-0.2, -0.15) is 0 Å². The molecule has 0 atom stereocenters. The van der Waals surface area contributed by atoms with Crippen LogP contribution < -0.4 is 10.6 Å². The third-order valence-corrected chi connectivity index (χ3v) is 4.71. The number of nitrogens with zero attached hydrogens (tertiary/aromatic N) is 2. The molecule has 0 aliphatic carbocycles. The van der Waals surface area contributed by atoms with Crippen LogP contribution in [0, 0.1) is 12.7 Å². The molecule has 0 saturated carbocycles. The van der Waals surface area contributed by atoms with E-state index in [0.29, 0.717) is 11.6 Å². The van der Waals surface area contributed by atoms with Crippen molar-refractivity contribution >= 4 is 38.3 Å². The van der Waals surface area contributed by atoms with E-state index in [1.165, 1.54) is 12.1 Å². The van der Waals surface area contributed by atoms with Crippen molar-refractivity contribution in [1.29, 1.82) is 0 Å². The Kier molecular flexibility index (Phi) is 5.84. The van der Waals surface area contributed by atoms with E-state index in [2.05, 4.69) is 36.5 Å². The van der Waals surface area contributed by atoms with Crippen molar-refractivity contribution in [3.63, 3.8) is 0 Å². The van der Waals surface area contributed by atoms with Crippen molar-refractivity contribution in [2.24, 2.45) is 0 Å². The minimum atomic E-state index is -2.85. The standard InChI is InChI=1S/C19H18BrF3N4/c1-3-24-16-8-15-13(7-14(16)20)19(27-10(2)26-15)25-9-11-5-4-6-12(17(11)21)18(22)23/h4-8,18,24H,3,9H2,1-2H3,(H,25,26,27). The molecule has 0 fully saturated rings. The summed E-state index contributed by atoms with van der Waals surface area (Å²) in [5, 5.41) is 7.04. The van der Waals surface area contributed by atoms with E-state index < -0.39 is 17.8 Å². The van der Waals surface area contributed by atoms with E-state index in [9.17, 15) is 13.2 Å². The molecule has 0 spiro atoms. The molecule has 0 aliphatic rings. The van der Waals surface area contributed by atoms with Gasteiger partial charge in [-0.25, -0.2) is 23.1 Å². The number of hydrogen-bond donors (Lipinski definition) is 2. The van der Waals surface area contributed by atoms with E-state index >= 15 is 0 Å². The normalized spacial score (nSPS) is 11.2. The summed E-state index contributed by atoms with van der Waals surface area (Å²) >= 11 is 3.52. The number of anilines is 2. The molecule has 2 N–H and O–H groups in total. The number of halogens is 4. The Morgan fingerprint density at radius 3 is 2.63 bits per heavy atom. The number of aryl methyl sites for hydroxylation is 1. The van der Waals surface area contributed by atoms with E-state index in [-0.39, 0.29) is 12.1 Å². The van der Waals surface area contributed by atoms with Crippen LogP contribution in [-0.4, -0.2) is 16.5 Å². The van der Waals surface area contributed by atoms with Crippen molar-refractivity contribution in [3.8, 4) is 0 Å². The predicted octanol–water partition coefficient (Wildman–Crippen LogP) is 5.82. The van der Waals surface area contributed by atoms with Gasteiger partial charge in [-0.15, -0.1) is 0 Å². The minimum Gasteiger partial charge on any atom is -0.384 e. The lowest BCUT2D eigenvalue weighted by Crippen LogP contribution is -2.07. The molecule has 4 nitrogen and oxygen atoms in total. The Morgan fingerprint density at radius 1 is 1.15 bits per heavy atom. The highest BCUT2D eigenvalue weighted by Crippen LogP contribution is 2.31. The average Bonchev–Trinajstić information content (AvgIpc) is 2.61. The summed E-state index contributed by atoms with van der Waals surface area (Å²) in [5.41, 5.74) is 1.19. The maximum Gasteiger partial charge on any atom is 0.266 e. The summed E-state index contributed by atoms with van der Waals surface area (Å²) in [6.45, 7) is 4.55. The first-order chi connectivity index (χ1) is 12.9. The summed E-state index contributed by atoms with van der Waals surface area (Å²) in [4.78, 5) is 8.83. The summed E-state index contributed by atoms with van der Waals surface area (Å²) < 4.78 is 40.9. The van der Waals surface area contributed by atoms with Crippen molar-refractivity contribution in [2.75, 3.05) is 17.2 Å². The number of benzene rings is 2. The van der Waals surface area contributed by atoms with Crippen LogP contribution in [0.2, 0.25) is 0 Å². The topological polar surface area (TPSA) is 49.8 Å². The SMILES string of the molecule is CCNc1cc2nc(C)nc(NCc3cccc(C(F)F)c3F)c2cc1Br.